The molecule has 0 aliphatic carbocycles. The summed E-state index contributed by atoms with van der Waals surface area (Å²) in [4.78, 5) is 12.3. The molecule has 2 aromatic carbocycles. The summed E-state index contributed by atoms with van der Waals surface area (Å²) in [7, 11) is 1.60. The van der Waals surface area contributed by atoms with Crippen LogP contribution in [0.25, 0.3) is 0 Å². The van der Waals surface area contributed by atoms with Crippen molar-refractivity contribution in [1.82, 2.24) is 14.8 Å². The van der Waals surface area contributed by atoms with Gasteiger partial charge in [-0.2, -0.15) is 0 Å². The highest BCUT2D eigenvalue weighted by Gasteiger charge is 2.14. The van der Waals surface area contributed by atoms with E-state index in [9.17, 15) is 4.79 Å². The third-order valence-electron chi connectivity index (χ3n) is 4.30. The molecule has 1 amide bonds. The van der Waals surface area contributed by atoms with E-state index in [-0.39, 0.29) is 11.7 Å². The Kier molecular flexibility index (Phi) is 9.35. The number of amides is 1. The fourth-order valence-electron chi connectivity index (χ4n) is 2.74. The van der Waals surface area contributed by atoms with Gasteiger partial charge in [-0.15, -0.1) is 28.5 Å². The van der Waals surface area contributed by atoms with E-state index >= 15 is 0 Å². The molecule has 0 fully saturated rings. The molecule has 1 heterocycles. The summed E-state index contributed by atoms with van der Waals surface area (Å²) in [5.74, 6) is 3.10. The summed E-state index contributed by atoms with van der Waals surface area (Å²) in [6.45, 7) is 4.39. The van der Waals surface area contributed by atoms with Crippen LogP contribution in [0.2, 0.25) is 10.0 Å². The molecule has 0 spiro atoms. The zero-order chi connectivity index (χ0) is 22.9. The summed E-state index contributed by atoms with van der Waals surface area (Å²) in [6.07, 6.45) is 1.79. The lowest BCUT2D eigenvalue weighted by Gasteiger charge is -2.09. The maximum Gasteiger partial charge on any atom is 0.234 e. The molecule has 3 rings (SSSR count). The minimum absolute atomic E-state index is 0.121. The second kappa shape index (κ2) is 12.2. The van der Waals surface area contributed by atoms with Crippen molar-refractivity contribution in [2.24, 2.45) is 0 Å². The molecule has 0 saturated carbocycles. The summed E-state index contributed by atoms with van der Waals surface area (Å²) in [6, 6.07) is 12.8. The molecule has 0 unspecified atom stereocenters. The minimum atomic E-state index is -0.121. The van der Waals surface area contributed by atoms with Gasteiger partial charge in [-0.1, -0.05) is 47.1 Å². The van der Waals surface area contributed by atoms with Gasteiger partial charge in [0.25, 0.3) is 0 Å². The molecule has 1 N–H and O–H groups in total. The van der Waals surface area contributed by atoms with Crippen LogP contribution >= 0.6 is 46.7 Å². The fourth-order valence-corrected chi connectivity index (χ4v) is 4.74. The number of nitrogens with one attached hydrogen (secondary N) is 1. The SMILES string of the molecule is C=CCn1c(CSCc2ccc(Cl)c(Cl)c2)nnc1SCC(=O)Nc1ccc(OC)cc1. The van der Waals surface area contributed by atoms with Gasteiger partial charge >= 0.3 is 0 Å². The number of halogens is 2. The first-order valence-corrected chi connectivity index (χ1v) is 12.5. The third-order valence-corrected chi connectivity index (χ3v) is 7.00. The predicted octanol–water partition coefficient (Wildman–Crippen LogP) is 5.94. The first kappa shape index (κ1) is 24.5. The van der Waals surface area contributed by atoms with Gasteiger partial charge in [0.2, 0.25) is 5.91 Å². The number of anilines is 1. The lowest BCUT2D eigenvalue weighted by Crippen LogP contribution is -2.14. The van der Waals surface area contributed by atoms with Gasteiger partial charge in [0.15, 0.2) is 5.16 Å². The molecule has 168 valence electrons. The molecular weight excluding hydrogens is 487 g/mol. The van der Waals surface area contributed by atoms with Gasteiger partial charge in [-0.3, -0.25) is 4.79 Å². The molecule has 0 bridgehead atoms. The second-order valence-electron chi connectivity index (χ2n) is 6.60. The minimum Gasteiger partial charge on any atom is -0.497 e. The maximum absolute atomic E-state index is 12.3. The normalized spacial score (nSPS) is 10.7. The van der Waals surface area contributed by atoms with E-state index in [4.69, 9.17) is 27.9 Å². The molecule has 3 aromatic rings. The molecular formula is C22H22Cl2N4O2S2. The average Bonchev–Trinajstić information content (AvgIpc) is 3.17. The van der Waals surface area contributed by atoms with E-state index in [0.29, 0.717) is 33.2 Å². The zero-order valence-electron chi connectivity index (χ0n) is 17.4. The van der Waals surface area contributed by atoms with E-state index in [1.807, 2.05) is 16.7 Å². The van der Waals surface area contributed by atoms with Gasteiger partial charge in [0, 0.05) is 18.0 Å². The number of carbonyl (C=O) groups excluding carboxylic acids is 1. The number of thioether (sulfide) groups is 2. The molecule has 0 aliphatic heterocycles. The van der Waals surface area contributed by atoms with Crippen LogP contribution in [0.4, 0.5) is 5.69 Å². The van der Waals surface area contributed by atoms with Crippen molar-refractivity contribution in [3.8, 4) is 5.75 Å². The number of nitrogens with zero attached hydrogens (tertiary/aromatic N) is 3. The molecule has 0 aliphatic rings. The largest absolute Gasteiger partial charge is 0.497 e. The number of benzene rings is 2. The van der Waals surface area contributed by atoms with Gasteiger partial charge in [0.05, 0.1) is 28.7 Å². The number of methoxy groups -OCH3 is 1. The van der Waals surface area contributed by atoms with Gasteiger partial charge in [-0.05, 0) is 42.0 Å². The number of ether oxygens (including phenoxy) is 1. The number of aromatic nitrogens is 3. The van der Waals surface area contributed by atoms with Gasteiger partial charge in [-0.25, -0.2) is 0 Å². The summed E-state index contributed by atoms with van der Waals surface area (Å²) in [5, 5.41) is 13.2. The molecule has 32 heavy (non-hydrogen) atoms. The Hall–Kier alpha value is -2.13. The lowest BCUT2D eigenvalue weighted by atomic mass is 10.2. The summed E-state index contributed by atoms with van der Waals surface area (Å²) in [5.41, 5.74) is 1.80. The summed E-state index contributed by atoms with van der Waals surface area (Å²) < 4.78 is 7.10. The Labute approximate surface area is 205 Å². The van der Waals surface area contributed by atoms with E-state index in [1.54, 1.807) is 55.3 Å². The topological polar surface area (TPSA) is 69.0 Å². The Morgan fingerprint density at radius 1 is 1.16 bits per heavy atom. The first-order chi connectivity index (χ1) is 15.5. The molecule has 0 saturated heterocycles. The fraction of sp³-hybridized carbons (Fsp3) is 0.227. The van der Waals surface area contributed by atoms with Crippen LogP contribution in [0, 0.1) is 0 Å². The van der Waals surface area contributed by atoms with Crippen LogP contribution in [0.1, 0.15) is 11.4 Å². The van der Waals surface area contributed by atoms with Crippen molar-refractivity contribution in [3.63, 3.8) is 0 Å². The number of rotatable bonds is 11. The van der Waals surface area contributed by atoms with Crippen molar-refractivity contribution in [2.75, 3.05) is 18.2 Å². The average molecular weight is 509 g/mol. The van der Waals surface area contributed by atoms with Crippen LogP contribution in [-0.2, 0) is 22.8 Å². The van der Waals surface area contributed by atoms with E-state index in [2.05, 4.69) is 22.1 Å². The van der Waals surface area contributed by atoms with Gasteiger partial charge in [0.1, 0.15) is 11.6 Å². The van der Waals surface area contributed by atoms with Crippen molar-refractivity contribution < 1.29 is 9.53 Å². The standard InChI is InChI=1S/C22H22Cl2N4O2S2/c1-3-10-28-20(13-31-12-15-4-9-18(23)19(24)11-15)26-27-22(28)32-14-21(29)25-16-5-7-17(30-2)8-6-16/h3-9,11H,1,10,12-14H2,2H3,(H,25,29). The number of hydrogen-bond donors (Lipinski definition) is 1. The number of allylic oxidation sites excluding steroid dienone is 1. The van der Waals surface area contributed by atoms with Crippen molar-refractivity contribution >= 4 is 58.3 Å². The summed E-state index contributed by atoms with van der Waals surface area (Å²) >= 11 is 15.1. The monoisotopic (exact) mass is 508 g/mol. The second-order valence-corrected chi connectivity index (χ2v) is 9.35. The highest BCUT2D eigenvalue weighted by molar-refractivity contribution is 7.99. The van der Waals surface area contributed by atoms with Gasteiger partial charge < -0.3 is 14.6 Å². The highest BCUT2D eigenvalue weighted by Crippen LogP contribution is 2.26. The quantitative estimate of drug-likeness (QED) is 0.255. The first-order valence-electron chi connectivity index (χ1n) is 9.61. The molecule has 10 heteroatoms. The van der Waals surface area contributed by atoms with Crippen molar-refractivity contribution in [3.05, 3.63) is 76.6 Å². The Balaban J connectivity index is 1.55. The third kappa shape index (κ3) is 6.93. The maximum atomic E-state index is 12.3. The number of hydrogen-bond acceptors (Lipinski definition) is 6. The van der Waals surface area contributed by atoms with Crippen LogP contribution in [0.15, 0.2) is 60.3 Å². The van der Waals surface area contributed by atoms with Crippen molar-refractivity contribution in [2.45, 2.75) is 23.2 Å². The van der Waals surface area contributed by atoms with Crippen LogP contribution in [0.3, 0.4) is 0 Å². The molecule has 1 aromatic heterocycles. The van der Waals surface area contributed by atoms with Crippen molar-refractivity contribution in [1.29, 1.82) is 0 Å². The molecule has 0 radical (unpaired) electrons. The molecule has 6 nitrogen and oxygen atoms in total. The van der Waals surface area contributed by atoms with E-state index in [0.717, 1.165) is 22.9 Å². The van der Waals surface area contributed by atoms with E-state index in [1.165, 1.54) is 11.8 Å². The highest BCUT2D eigenvalue weighted by atomic mass is 35.5. The smallest absolute Gasteiger partial charge is 0.234 e. The molecule has 0 atom stereocenters. The lowest BCUT2D eigenvalue weighted by molar-refractivity contribution is -0.113. The van der Waals surface area contributed by atoms with E-state index < -0.39 is 0 Å². The Morgan fingerprint density at radius 3 is 2.62 bits per heavy atom. The van der Waals surface area contributed by atoms with Crippen LogP contribution in [-0.4, -0.2) is 33.5 Å². The van der Waals surface area contributed by atoms with Crippen LogP contribution in [0.5, 0.6) is 5.75 Å². The predicted molar refractivity (Wildman–Crippen MR) is 134 cm³/mol. The van der Waals surface area contributed by atoms with Crippen LogP contribution < -0.4 is 10.1 Å². The Morgan fingerprint density at radius 2 is 1.94 bits per heavy atom. The number of carbonyl (C=O) groups is 1. The zero-order valence-corrected chi connectivity index (χ0v) is 20.5. The Bertz CT molecular complexity index is 1070.